The van der Waals surface area contributed by atoms with Gasteiger partial charge in [-0.2, -0.15) is 0 Å². The van der Waals surface area contributed by atoms with Crippen LogP contribution in [0.2, 0.25) is 0 Å². The fourth-order valence-corrected chi connectivity index (χ4v) is 2.20. The number of nitrogens with one attached hydrogen (secondary N) is 1. The molecule has 0 aliphatic heterocycles. The van der Waals surface area contributed by atoms with E-state index >= 15 is 0 Å². The lowest BCUT2D eigenvalue weighted by Crippen LogP contribution is -2.42. The number of hydrogen-bond donors (Lipinski definition) is 2. The molecule has 0 aliphatic carbocycles. The van der Waals surface area contributed by atoms with E-state index < -0.39 is 20.8 Å². The molecule has 1 aromatic carbocycles. The van der Waals surface area contributed by atoms with E-state index in [-0.39, 0.29) is 6.61 Å². The molecular formula is C12H19NO3S. The SMILES string of the molecule is CC(C)(C)S(=O)(=O)N[C@H](CO)c1ccccc1. The summed E-state index contributed by atoms with van der Waals surface area (Å²) in [6.07, 6.45) is 0. The highest BCUT2D eigenvalue weighted by molar-refractivity contribution is 7.90. The summed E-state index contributed by atoms with van der Waals surface area (Å²) in [4.78, 5) is 0. The Bertz CT molecular complexity index is 448. The minimum atomic E-state index is -3.47. The zero-order chi connectivity index (χ0) is 13.1. The molecule has 0 fully saturated rings. The number of aliphatic hydroxyl groups is 1. The molecular weight excluding hydrogens is 238 g/mol. The molecule has 0 unspecified atom stereocenters. The summed E-state index contributed by atoms with van der Waals surface area (Å²) in [5.74, 6) is 0. The zero-order valence-corrected chi connectivity index (χ0v) is 11.2. The molecule has 0 heterocycles. The van der Waals surface area contributed by atoms with Gasteiger partial charge in [0.05, 0.1) is 17.4 Å². The van der Waals surface area contributed by atoms with Crippen molar-refractivity contribution in [3.05, 3.63) is 35.9 Å². The molecule has 0 saturated carbocycles. The van der Waals surface area contributed by atoms with Crippen molar-refractivity contribution in [2.75, 3.05) is 6.61 Å². The lowest BCUT2D eigenvalue weighted by Gasteiger charge is -2.24. The van der Waals surface area contributed by atoms with Gasteiger partial charge in [0.1, 0.15) is 0 Å². The van der Waals surface area contributed by atoms with Gasteiger partial charge in [0.25, 0.3) is 0 Å². The third-order valence-electron chi connectivity index (χ3n) is 2.49. The average molecular weight is 257 g/mol. The van der Waals surface area contributed by atoms with Crippen LogP contribution in [0.4, 0.5) is 0 Å². The second-order valence-electron chi connectivity index (χ2n) is 4.88. The largest absolute Gasteiger partial charge is 0.394 e. The Morgan fingerprint density at radius 2 is 1.76 bits per heavy atom. The Labute approximate surface area is 103 Å². The topological polar surface area (TPSA) is 66.4 Å². The van der Waals surface area contributed by atoms with Gasteiger partial charge in [-0.05, 0) is 26.3 Å². The van der Waals surface area contributed by atoms with Crippen LogP contribution in [0, 0.1) is 0 Å². The maximum Gasteiger partial charge on any atom is 0.217 e. The molecule has 17 heavy (non-hydrogen) atoms. The summed E-state index contributed by atoms with van der Waals surface area (Å²) in [6, 6.07) is 8.43. The highest BCUT2D eigenvalue weighted by Gasteiger charge is 2.31. The van der Waals surface area contributed by atoms with E-state index in [1.54, 1.807) is 32.9 Å². The van der Waals surface area contributed by atoms with Gasteiger partial charge >= 0.3 is 0 Å². The Morgan fingerprint density at radius 1 is 1.24 bits per heavy atom. The van der Waals surface area contributed by atoms with Crippen LogP contribution >= 0.6 is 0 Å². The van der Waals surface area contributed by atoms with Crippen molar-refractivity contribution in [2.24, 2.45) is 0 Å². The van der Waals surface area contributed by atoms with Crippen molar-refractivity contribution in [2.45, 2.75) is 31.6 Å². The van der Waals surface area contributed by atoms with Crippen molar-refractivity contribution >= 4 is 10.0 Å². The molecule has 0 aliphatic rings. The summed E-state index contributed by atoms with van der Waals surface area (Å²) >= 11 is 0. The first-order valence-corrected chi connectivity index (χ1v) is 6.94. The molecule has 1 rings (SSSR count). The second-order valence-corrected chi connectivity index (χ2v) is 7.35. The molecule has 0 spiro atoms. The van der Waals surface area contributed by atoms with Crippen LogP contribution in [-0.2, 0) is 10.0 Å². The monoisotopic (exact) mass is 257 g/mol. The summed E-state index contributed by atoms with van der Waals surface area (Å²) < 4.78 is 25.6. The summed E-state index contributed by atoms with van der Waals surface area (Å²) in [6.45, 7) is 4.59. The minimum absolute atomic E-state index is 0.265. The Balaban J connectivity index is 2.94. The van der Waals surface area contributed by atoms with Crippen LogP contribution < -0.4 is 4.72 Å². The van der Waals surface area contributed by atoms with Gasteiger partial charge in [-0.25, -0.2) is 13.1 Å². The normalized spacial score (nSPS) is 14.6. The lowest BCUT2D eigenvalue weighted by molar-refractivity contribution is 0.258. The van der Waals surface area contributed by atoms with E-state index in [1.807, 2.05) is 18.2 Å². The predicted molar refractivity (Wildman–Crippen MR) is 68.1 cm³/mol. The van der Waals surface area contributed by atoms with E-state index in [0.717, 1.165) is 5.56 Å². The number of sulfonamides is 1. The second kappa shape index (κ2) is 5.16. The molecule has 0 saturated heterocycles. The van der Waals surface area contributed by atoms with Gasteiger partial charge in [-0.3, -0.25) is 0 Å². The molecule has 0 aromatic heterocycles. The number of rotatable bonds is 4. The van der Waals surface area contributed by atoms with Gasteiger partial charge < -0.3 is 5.11 Å². The molecule has 4 nitrogen and oxygen atoms in total. The fourth-order valence-electron chi connectivity index (χ4n) is 1.26. The van der Waals surface area contributed by atoms with Crippen LogP contribution in [0.3, 0.4) is 0 Å². The lowest BCUT2D eigenvalue weighted by atomic mass is 10.1. The van der Waals surface area contributed by atoms with E-state index in [1.165, 1.54) is 0 Å². The molecule has 96 valence electrons. The summed E-state index contributed by atoms with van der Waals surface area (Å²) in [7, 11) is -3.47. The highest BCUT2D eigenvalue weighted by atomic mass is 32.2. The molecule has 2 N–H and O–H groups in total. The van der Waals surface area contributed by atoms with Gasteiger partial charge in [0.2, 0.25) is 10.0 Å². The van der Waals surface area contributed by atoms with Crippen molar-refractivity contribution in [1.82, 2.24) is 4.72 Å². The van der Waals surface area contributed by atoms with E-state index in [0.29, 0.717) is 0 Å². The molecule has 1 aromatic rings. The van der Waals surface area contributed by atoms with Gasteiger partial charge in [-0.1, -0.05) is 30.3 Å². The molecule has 5 heteroatoms. The van der Waals surface area contributed by atoms with Gasteiger partial charge in [-0.15, -0.1) is 0 Å². The van der Waals surface area contributed by atoms with Crippen LogP contribution in [0.15, 0.2) is 30.3 Å². The summed E-state index contributed by atoms with van der Waals surface area (Å²) in [5, 5.41) is 9.28. The first-order chi connectivity index (χ1) is 7.78. The number of aliphatic hydroxyl groups excluding tert-OH is 1. The zero-order valence-electron chi connectivity index (χ0n) is 10.3. The predicted octanol–water partition coefficient (Wildman–Crippen LogP) is 1.44. The van der Waals surface area contributed by atoms with E-state index in [9.17, 15) is 13.5 Å². The van der Waals surface area contributed by atoms with Crippen LogP contribution in [0.25, 0.3) is 0 Å². The molecule has 0 amide bonds. The third kappa shape index (κ3) is 3.52. The summed E-state index contributed by atoms with van der Waals surface area (Å²) in [5.41, 5.74) is 0.753. The third-order valence-corrected chi connectivity index (χ3v) is 4.70. The van der Waals surface area contributed by atoms with Crippen LogP contribution in [0.5, 0.6) is 0 Å². The number of hydrogen-bond acceptors (Lipinski definition) is 3. The fraction of sp³-hybridized carbons (Fsp3) is 0.500. The molecule has 0 radical (unpaired) electrons. The van der Waals surface area contributed by atoms with Crippen molar-refractivity contribution in [3.8, 4) is 0 Å². The molecule has 1 atom stereocenters. The highest BCUT2D eigenvalue weighted by Crippen LogP contribution is 2.19. The Kier molecular flexibility index (Phi) is 4.30. The molecule has 0 bridgehead atoms. The maximum atomic E-state index is 12.0. The average Bonchev–Trinajstić information content (AvgIpc) is 2.25. The van der Waals surface area contributed by atoms with Crippen LogP contribution in [0.1, 0.15) is 32.4 Å². The van der Waals surface area contributed by atoms with Crippen LogP contribution in [-0.4, -0.2) is 24.9 Å². The van der Waals surface area contributed by atoms with Crippen molar-refractivity contribution in [1.29, 1.82) is 0 Å². The first kappa shape index (κ1) is 14.2. The smallest absolute Gasteiger partial charge is 0.217 e. The Morgan fingerprint density at radius 3 is 2.18 bits per heavy atom. The minimum Gasteiger partial charge on any atom is -0.394 e. The Hall–Kier alpha value is -0.910. The number of benzene rings is 1. The van der Waals surface area contributed by atoms with Crippen molar-refractivity contribution < 1.29 is 13.5 Å². The van der Waals surface area contributed by atoms with E-state index in [2.05, 4.69) is 4.72 Å². The standard InChI is InChI=1S/C12H19NO3S/c1-12(2,3)17(15,16)13-11(9-14)10-7-5-4-6-8-10/h4-8,11,13-14H,9H2,1-3H3/t11-/m1/s1. The van der Waals surface area contributed by atoms with Gasteiger partial charge in [0, 0.05) is 0 Å². The maximum absolute atomic E-state index is 12.0. The first-order valence-electron chi connectivity index (χ1n) is 5.45. The van der Waals surface area contributed by atoms with Crippen molar-refractivity contribution in [3.63, 3.8) is 0 Å². The quantitative estimate of drug-likeness (QED) is 0.857. The van der Waals surface area contributed by atoms with E-state index in [4.69, 9.17) is 0 Å². The van der Waals surface area contributed by atoms with Gasteiger partial charge in [0.15, 0.2) is 0 Å².